The first-order chi connectivity index (χ1) is 9.66. The van der Waals surface area contributed by atoms with Crippen LogP contribution in [0.5, 0.6) is 0 Å². The Bertz CT molecular complexity index is 631. The first kappa shape index (κ1) is 13.4. The van der Waals surface area contributed by atoms with Gasteiger partial charge < -0.3 is 9.88 Å². The number of hydrogen-bond donors (Lipinski definition) is 1. The molecule has 1 aliphatic carbocycles. The van der Waals surface area contributed by atoms with E-state index in [0.717, 1.165) is 12.8 Å². The van der Waals surface area contributed by atoms with Crippen LogP contribution in [0.25, 0.3) is 0 Å². The van der Waals surface area contributed by atoms with Crippen molar-refractivity contribution in [1.29, 1.82) is 0 Å². The number of carbonyl (C=O) groups excluding carboxylic acids is 1. The molecular formula is C13H12Cl2N4O. The van der Waals surface area contributed by atoms with E-state index in [1.165, 1.54) is 12.7 Å². The van der Waals surface area contributed by atoms with Crippen molar-refractivity contribution in [1.82, 2.24) is 14.5 Å². The SMILES string of the molecule is O=C(Nc1c(Cl)ncnc1Cl)c1cccn1C1CCC1. The van der Waals surface area contributed by atoms with Crippen molar-refractivity contribution in [2.75, 3.05) is 5.32 Å². The Kier molecular flexibility index (Phi) is 3.63. The number of aromatic nitrogens is 3. The topological polar surface area (TPSA) is 59.8 Å². The molecule has 0 spiro atoms. The number of carbonyl (C=O) groups is 1. The Morgan fingerprint density at radius 1 is 1.30 bits per heavy atom. The van der Waals surface area contributed by atoms with Crippen LogP contribution < -0.4 is 5.32 Å². The van der Waals surface area contributed by atoms with Crippen molar-refractivity contribution in [3.63, 3.8) is 0 Å². The van der Waals surface area contributed by atoms with Gasteiger partial charge in [-0.3, -0.25) is 4.79 Å². The third-order valence-corrected chi connectivity index (χ3v) is 4.05. The molecule has 0 bridgehead atoms. The molecule has 2 aromatic heterocycles. The van der Waals surface area contributed by atoms with E-state index in [1.807, 2.05) is 16.8 Å². The van der Waals surface area contributed by atoms with Crippen molar-refractivity contribution in [2.45, 2.75) is 25.3 Å². The summed E-state index contributed by atoms with van der Waals surface area (Å²) in [4.78, 5) is 20.0. The van der Waals surface area contributed by atoms with Gasteiger partial charge in [-0.1, -0.05) is 23.2 Å². The van der Waals surface area contributed by atoms with Crippen molar-refractivity contribution in [2.24, 2.45) is 0 Å². The lowest BCUT2D eigenvalue weighted by Gasteiger charge is -2.28. The van der Waals surface area contributed by atoms with Crippen molar-refractivity contribution in [3.05, 3.63) is 40.7 Å². The largest absolute Gasteiger partial charge is 0.340 e. The number of hydrogen-bond acceptors (Lipinski definition) is 3. The Morgan fingerprint density at radius 3 is 2.60 bits per heavy atom. The van der Waals surface area contributed by atoms with E-state index < -0.39 is 0 Å². The van der Waals surface area contributed by atoms with Crippen LogP contribution in [0.1, 0.15) is 35.8 Å². The second kappa shape index (κ2) is 5.42. The zero-order valence-electron chi connectivity index (χ0n) is 10.5. The minimum atomic E-state index is -0.263. The molecule has 1 aliphatic rings. The quantitative estimate of drug-likeness (QED) is 0.882. The van der Waals surface area contributed by atoms with Crippen LogP contribution in [0.15, 0.2) is 24.7 Å². The van der Waals surface area contributed by atoms with E-state index in [-0.39, 0.29) is 21.9 Å². The van der Waals surface area contributed by atoms with Gasteiger partial charge >= 0.3 is 0 Å². The van der Waals surface area contributed by atoms with Gasteiger partial charge in [-0.25, -0.2) is 9.97 Å². The van der Waals surface area contributed by atoms with Crippen LogP contribution in [-0.2, 0) is 0 Å². The van der Waals surface area contributed by atoms with Gasteiger partial charge in [0.1, 0.15) is 17.7 Å². The third-order valence-electron chi connectivity index (χ3n) is 3.47. The molecule has 104 valence electrons. The summed E-state index contributed by atoms with van der Waals surface area (Å²) in [6.07, 6.45) is 6.57. The molecule has 2 aromatic rings. The maximum absolute atomic E-state index is 12.3. The summed E-state index contributed by atoms with van der Waals surface area (Å²) in [5, 5.41) is 2.93. The normalized spacial score (nSPS) is 14.9. The maximum Gasteiger partial charge on any atom is 0.272 e. The van der Waals surface area contributed by atoms with Gasteiger partial charge in [0.2, 0.25) is 0 Å². The van der Waals surface area contributed by atoms with Gasteiger partial charge in [-0.15, -0.1) is 0 Å². The van der Waals surface area contributed by atoms with Gasteiger partial charge in [-0.05, 0) is 31.4 Å². The molecule has 0 unspecified atom stereocenters. The first-order valence-electron chi connectivity index (χ1n) is 6.31. The van der Waals surface area contributed by atoms with Gasteiger partial charge in [0.25, 0.3) is 5.91 Å². The smallest absolute Gasteiger partial charge is 0.272 e. The number of halogens is 2. The lowest BCUT2D eigenvalue weighted by atomic mass is 9.93. The number of nitrogens with zero attached hydrogens (tertiary/aromatic N) is 3. The number of nitrogens with one attached hydrogen (secondary N) is 1. The van der Waals surface area contributed by atoms with Crippen LogP contribution in [0.2, 0.25) is 10.3 Å². The minimum Gasteiger partial charge on any atom is -0.340 e. The predicted octanol–water partition coefficient (Wildman–Crippen LogP) is 3.56. The molecule has 1 N–H and O–H groups in total. The third kappa shape index (κ3) is 2.39. The zero-order chi connectivity index (χ0) is 14.1. The Balaban J connectivity index is 1.85. The molecule has 1 amide bonds. The highest BCUT2D eigenvalue weighted by atomic mass is 35.5. The monoisotopic (exact) mass is 310 g/mol. The summed E-state index contributed by atoms with van der Waals surface area (Å²) in [5.74, 6) is -0.263. The van der Waals surface area contributed by atoms with Crippen LogP contribution >= 0.6 is 23.2 Å². The zero-order valence-corrected chi connectivity index (χ0v) is 12.0. The molecule has 20 heavy (non-hydrogen) atoms. The van der Waals surface area contributed by atoms with E-state index in [1.54, 1.807) is 6.07 Å². The molecule has 1 saturated carbocycles. The van der Waals surface area contributed by atoms with Crippen molar-refractivity contribution in [3.8, 4) is 0 Å². The lowest BCUT2D eigenvalue weighted by molar-refractivity contribution is 0.101. The Hall–Kier alpha value is -1.59. The van der Waals surface area contributed by atoms with E-state index in [9.17, 15) is 4.79 Å². The molecule has 0 radical (unpaired) electrons. The highest BCUT2D eigenvalue weighted by Gasteiger charge is 2.24. The van der Waals surface area contributed by atoms with Crippen LogP contribution in [0.4, 0.5) is 5.69 Å². The summed E-state index contributed by atoms with van der Waals surface area (Å²) >= 11 is 11.8. The lowest BCUT2D eigenvalue weighted by Crippen LogP contribution is -2.23. The highest BCUT2D eigenvalue weighted by Crippen LogP contribution is 2.33. The molecule has 0 saturated heterocycles. The van der Waals surface area contributed by atoms with E-state index >= 15 is 0 Å². The van der Waals surface area contributed by atoms with Crippen LogP contribution in [0.3, 0.4) is 0 Å². The fraction of sp³-hybridized carbons (Fsp3) is 0.308. The average Bonchev–Trinajstić information content (AvgIpc) is 2.80. The molecule has 0 aliphatic heterocycles. The van der Waals surface area contributed by atoms with Crippen LogP contribution in [-0.4, -0.2) is 20.4 Å². The summed E-state index contributed by atoms with van der Waals surface area (Å²) in [6.45, 7) is 0. The molecule has 3 rings (SSSR count). The minimum absolute atomic E-state index is 0.125. The number of anilines is 1. The summed E-state index contributed by atoms with van der Waals surface area (Å²) < 4.78 is 1.99. The molecule has 5 nitrogen and oxygen atoms in total. The summed E-state index contributed by atoms with van der Waals surface area (Å²) in [5.41, 5.74) is 0.827. The Morgan fingerprint density at radius 2 is 2.00 bits per heavy atom. The highest BCUT2D eigenvalue weighted by molar-refractivity contribution is 6.38. The van der Waals surface area contributed by atoms with Crippen molar-refractivity contribution < 1.29 is 4.79 Å². The summed E-state index contributed by atoms with van der Waals surface area (Å²) in [7, 11) is 0. The van der Waals surface area contributed by atoms with Crippen LogP contribution in [0, 0.1) is 0 Å². The van der Waals surface area contributed by atoms with E-state index in [2.05, 4.69) is 15.3 Å². The fourth-order valence-corrected chi connectivity index (χ4v) is 2.60. The second-order valence-corrected chi connectivity index (χ2v) is 5.39. The molecule has 0 aromatic carbocycles. The summed E-state index contributed by atoms with van der Waals surface area (Å²) in [6, 6.07) is 4.04. The van der Waals surface area contributed by atoms with E-state index in [0.29, 0.717) is 11.7 Å². The molecule has 7 heteroatoms. The fourth-order valence-electron chi connectivity index (χ4n) is 2.19. The Labute approximate surface area is 125 Å². The molecular weight excluding hydrogens is 299 g/mol. The molecule has 2 heterocycles. The number of amides is 1. The van der Waals surface area contributed by atoms with Gasteiger partial charge in [0, 0.05) is 12.2 Å². The van der Waals surface area contributed by atoms with Gasteiger partial charge in [0.15, 0.2) is 10.3 Å². The number of rotatable bonds is 3. The van der Waals surface area contributed by atoms with Gasteiger partial charge in [0.05, 0.1) is 0 Å². The molecule has 0 atom stereocenters. The van der Waals surface area contributed by atoms with Gasteiger partial charge in [-0.2, -0.15) is 0 Å². The predicted molar refractivity (Wildman–Crippen MR) is 77.3 cm³/mol. The standard InChI is InChI=1S/C13H12Cl2N4O/c14-11-10(12(15)17-7-16-11)18-13(20)9-5-2-6-19(9)8-3-1-4-8/h2,5-8H,1,3-4H2,(H,18,20). The van der Waals surface area contributed by atoms with Crippen molar-refractivity contribution >= 4 is 34.8 Å². The molecule has 1 fully saturated rings. The van der Waals surface area contributed by atoms with E-state index in [4.69, 9.17) is 23.2 Å². The second-order valence-electron chi connectivity index (χ2n) is 4.67. The maximum atomic E-state index is 12.3. The first-order valence-corrected chi connectivity index (χ1v) is 7.06. The average molecular weight is 311 g/mol.